The molecule has 0 aliphatic rings. The molecule has 3 heteroatoms. The summed E-state index contributed by atoms with van der Waals surface area (Å²) in [6.07, 6.45) is 33.9. The number of hydrogen-bond acceptors (Lipinski definition) is 3. The molecule has 0 N–H and O–H groups in total. The zero-order chi connectivity index (χ0) is 32.9. The van der Waals surface area contributed by atoms with Crippen LogP contribution in [0.15, 0.2) is 48.5 Å². The summed E-state index contributed by atoms with van der Waals surface area (Å²) in [5.74, 6) is 0.262. The van der Waals surface area contributed by atoms with Gasteiger partial charge in [0.15, 0.2) is 0 Å². The highest BCUT2D eigenvalue weighted by Crippen LogP contribution is 2.22. The SMILES string of the molecule is CCCCCCCCCCCCCCCCCCCCOC(C)c1ccc(OC(=O)c2ccc(CCCCCCCC)cc2)cc1. The van der Waals surface area contributed by atoms with Crippen LogP contribution in [0.3, 0.4) is 0 Å². The molecule has 1 atom stereocenters. The molecule has 0 fully saturated rings. The third-order valence-corrected chi connectivity index (χ3v) is 9.43. The highest BCUT2D eigenvalue weighted by Gasteiger charge is 2.11. The molecular weight excluding hydrogens is 564 g/mol. The Morgan fingerprint density at radius 2 is 0.935 bits per heavy atom. The van der Waals surface area contributed by atoms with Crippen molar-refractivity contribution in [1.82, 2.24) is 0 Å². The van der Waals surface area contributed by atoms with Gasteiger partial charge in [0.1, 0.15) is 5.75 Å². The van der Waals surface area contributed by atoms with Crippen LogP contribution in [-0.2, 0) is 11.2 Å². The molecular formula is C43H70O3. The predicted molar refractivity (Wildman–Crippen MR) is 198 cm³/mol. The molecule has 0 aliphatic heterocycles. The van der Waals surface area contributed by atoms with Crippen LogP contribution < -0.4 is 4.74 Å². The maximum absolute atomic E-state index is 12.7. The van der Waals surface area contributed by atoms with Crippen LogP contribution in [0.5, 0.6) is 5.75 Å². The van der Waals surface area contributed by atoms with Gasteiger partial charge >= 0.3 is 5.97 Å². The zero-order valence-electron chi connectivity index (χ0n) is 30.3. The quantitative estimate of drug-likeness (QED) is 0.0487. The minimum absolute atomic E-state index is 0.0368. The average molecular weight is 635 g/mol. The van der Waals surface area contributed by atoms with E-state index >= 15 is 0 Å². The van der Waals surface area contributed by atoms with E-state index in [1.807, 2.05) is 36.4 Å². The van der Waals surface area contributed by atoms with Crippen molar-refractivity contribution >= 4 is 5.97 Å². The van der Waals surface area contributed by atoms with Gasteiger partial charge in [-0.2, -0.15) is 0 Å². The molecule has 260 valence electrons. The first-order valence-corrected chi connectivity index (χ1v) is 19.7. The fourth-order valence-corrected chi connectivity index (χ4v) is 6.25. The van der Waals surface area contributed by atoms with Crippen LogP contribution in [0.2, 0.25) is 0 Å². The molecule has 0 bridgehead atoms. The third-order valence-electron chi connectivity index (χ3n) is 9.43. The smallest absolute Gasteiger partial charge is 0.343 e. The fraction of sp³-hybridized carbons (Fsp3) is 0.698. The zero-order valence-corrected chi connectivity index (χ0v) is 30.3. The minimum atomic E-state index is -0.308. The molecule has 46 heavy (non-hydrogen) atoms. The minimum Gasteiger partial charge on any atom is -0.423 e. The first-order chi connectivity index (χ1) is 22.6. The van der Waals surface area contributed by atoms with Crippen LogP contribution in [0.4, 0.5) is 0 Å². The molecule has 3 nitrogen and oxygen atoms in total. The van der Waals surface area contributed by atoms with Gasteiger partial charge in [-0.25, -0.2) is 4.79 Å². The second kappa shape index (κ2) is 27.9. The van der Waals surface area contributed by atoms with Gasteiger partial charge in [0, 0.05) is 6.61 Å². The summed E-state index contributed by atoms with van der Waals surface area (Å²) in [6.45, 7) is 7.44. The maximum atomic E-state index is 12.7. The first kappa shape index (κ1) is 40.0. The van der Waals surface area contributed by atoms with E-state index in [4.69, 9.17) is 9.47 Å². The monoisotopic (exact) mass is 635 g/mol. The number of carbonyl (C=O) groups excluding carboxylic acids is 1. The number of hydrogen-bond donors (Lipinski definition) is 0. The lowest BCUT2D eigenvalue weighted by molar-refractivity contribution is 0.0627. The number of esters is 1. The van der Waals surface area contributed by atoms with Crippen molar-refractivity contribution in [2.75, 3.05) is 6.61 Å². The largest absolute Gasteiger partial charge is 0.423 e. The topological polar surface area (TPSA) is 35.5 Å². The molecule has 0 heterocycles. The number of benzene rings is 2. The molecule has 0 spiro atoms. The highest BCUT2D eigenvalue weighted by atomic mass is 16.5. The van der Waals surface area contributed by atoms with Gasteiger partial charge in [-0.05, 0) is 61.6 Å². The summed E-state index contributed by atoms with van der Waals surface area (Å²) < 4.78 is 11.7. The molecule has 0 amide bonds. The second-order valence-corrected chi connectivity index (χ2v) is 13.7. The number of aryl methyl sites for hydroxylation is 1. The van der Waals surface area contributed by atoms with E-state index in [9.17, 15) is 4.79 Å². The third kappa shape index (κ3) is 20.2. The summed E-state index contributed by atoms with van der Waals surface area (Å²) in [5, 5.41) is 0. The van der Waals surface area contributed by atoms with Gasteiger partial charge in [-0.1, -0.05) is 179 Å². The van der Waals surface area contributed by atoms with Gasteiger partial charge in [-0.3, -0.25) is 0 Å². The Labute approximate surface area is 284 Å². The van der Waals surface area contributed by atoms with Gasteiger partial charge in [-0.15, -0.1) is 0 Å². The van der Waals surface area contributed by atoms with E-state index in [0.29, 0.717) is 11.3 Å². The van der Waals surface area contributed by atoms with E-state index in [1.165, 1.54) is 153 Å². The summed E-state index contributed by atoms with van der Waals surface area (Å²) in [7, 11) is 0. The summed E-state index contributed by atoms with van der Waals surface area (Å²) >= 11 is 0. The standard InChI is InChI=1S/C43H70O3/c1-4-6-8-10-12-13-14-15-16-17-18-19-20-21-22-23-25-27-37-45-38(3)40-33-35-42(36-34-40)46-43(44)41-31-29-39(30-32-41)28-26-24-11-9-7-5-2/h29-36,38H,4-28,37H2,1-3H3. The number of unbranched alkanes of at least 4 members (excludes halogenated alkanes) is 22. The van der Waals surface area contributed by atoms with Crippen LogP contribution in [0, 0.1) is 0 Å². The summed E-state index contributed by atoms with van der Waals surface area (Å²) in [4.78, 5) is 12.7. The van der Waals surface area contributed by atoms with Crippen molar-refractivity contribution < 1.29 is 14.3 Å². The Kier molecular flexibility index (Phi) is 24.3. The molecule has 2 aromatic carbocycles. The molecule has 0 aromatic heterocycles. The predicted octanol–water partition coefficient (Wildman–Crippen LogP) is 13.9. The van der Waals surface area contributed by atoms with Crippen molar-refractivity contribution in [1.29, 1.82) is 0 Å². The summed E-state index contributed by atoms with van der Waals surface area (Å²) in [6, 6.07) is 15.7. The van der Waals surface area contributed by atoms with Gasteiger partial charge < -0.3 is 9.47 Å². The van der Waals surface area contributed by atoms with E-state index in [2.05, 4.69) is 32.9 Å². The summed E-state index contributed by atoms with van der Waals surface area (Å²) in [5.41, 5.74) is 2.99. The lowest BCUT2D eigenvalue weighted by Crippen LogP contribution is -2.08. The van der Waals surface area contributed by atoms with Gasteiger partial charge in [0.05, 0.1) is 11.7 Å². The Bertz CT molecular complexity index is 965. The molecule has 0 radical (unpaired) electrons. The number of carbonyl (C=O) groups is 1. The molecule has 0 saturated heterocycles. The lowest BCUT2D eigenvalue weighted by Gasteiger charge is -2.14. The molecule has 2 rings (SSSR count). The average Bonchev–Trinajstić information content (AvgIpc) is 3.08. The normalized spacial score (nSPS) is 12.0. The molecule has 0 saturated carbocycles. The van der Waals surface area contributed by atoms with Crippen LogP contribution in [-0.4, -0.2) is 12.6 Å². The van der Waals surface area contributed by atoms with E-state index < -0.39 is 0 Å². The highest BCUT2D eigenvalue weighted by molar-refractivity contribution is 5.91. The molecule has 2 aromatic rings. The van der Waals surface area contributed by atoms with Crippen molar-refractivity contribution in [3.8, 4) is 5.75 Å². The van der Waals surface area contributed by atoms with Crippen LogP contribution in [0.25, 0.3) is 0 Å². The Morgan fingerprint density at radius 3 is 1.39 bits per heavy atom. The first-order valence-electron chi connectivity index (χ1n) is 19.7. The van der Waals surface area contributed by atoms with Crippen molar-refractivity contribution in [2.45, 2.75) is 187 Å². The van der Waals surface area contributed by atoms with Crippen LogP contribution >= 0.6 is 0 Å². The van der Waals surface area contributed by atoms with E-state index in [-0.39, 0.29) is 12.1 Å². The maximum Gasteiger partial charge on any atom is 0.343 e. The Hall–Kier alpha value is -2.13. The molecule has 0 aliphatic carbocycles. The number of ether oxygens (including phenoxy) is 2. The Morgan fingerprint density at radius 1 is 0.522 bits per heavy atom. The van der Waals surface area contributed by atoms with Crippen molar-refractivity contribution in [3.05, 3.63) is 65.2 Å². The Balaban J connectivity index is 1.45. The number of rotatable bonds is 30. The van der Waals surface area contributed by atoms with Gasteiger partial charge in [0.25, 0.3) is 0 Å². The fourth-order valence-electron chi connectivity index (χ4n) is 6.25. The van der Waals surface area contributed by atoms with Crippen molar-refractivity contribution in [2.24, 2.45) is 0 Å². The molecule has 1 unspecified atom stereocenters. The van der Waals surface area contributed by atoms with Crippen molar-refractivity contribution in [3.63, 3.8) is 0 Å². The van der Waals surface area contributed by atoms with E-state index in [0.717, 1.165) is 25.0 Å². The van der Waals surface area contributed by atoms with E-state index in [1.54, 1.807) is 0 Å². The van der Waals surface area contributed by atoms with Gasteiger partial charge in [0.2, 0.25) is 0 Å². The second-order valence-electron chi connectivity index (χ2n) is 13.7. The lowest BCUT2D eigenvalue weighted by atomic mass is 10.0. The van der Waals surface area contributed by atoms with Crippen LogP contribution in [0.1, 0.15) is 202 Å².